The Morgan fingerprint density at radius 3 is 3.00 bits per heavy atom. The molecule has 0 saturated heterocycles. The largest absolute Gasteiger partial charge is 0.343 e. The summed E-state index contributed by atoms with van der Waals surface area (Å²) in [5.74, 6) is 0.808. The lowest BCUT2D eigenvalue weighted by Crippen LogP contribution is -1.95. The maximum atomic E-state index is 4.24. The predicted octanol–water partition coefficient (Wildman–Crippen LogP) is 3.02. The standard InChI is InChI=1S/C12H9BrN4/c13-9-2-1-3-10(6-9)17-8-14-7-11(17)12-15-4-5-16-12/h1-8H,(H,15,16). The van der Waals surface area contributed by atoms with Crippen molar-refractivity contribution in [2.75, 3.05) is 0 Å². The molecule has 0 fully saturated rings. The maximum Gasteiger partial charge on any atom is 0.156 e. The van der Waals surface area contributed by atoms with Crippen LogP contribution in [0.1, 0.15) is 0 Å². The SMILES string of the molecule is Brc1cccc(-n2cncc2-c2ncc[nH]2)c1. The molecule has 1 N–H and O–H groups in total. The Labute approximate surface area is 106 Å². The molecule has 4 nitrogen and oxygen atoms in total. The summed E-state index contributed by atoms with van der Waals surface area (Å²) >= 11 is 3.46. The number of hydrogen-bond donors (Lipinski definition) is 1. The van der Waals surface area contributed by atoms with Crippen LogP contribution in [0.5, 0.6) is 0 Å². The molecular weight excluding hydrogens is 280 g/mol. The lowest BCUT2D eigenvalue weighted by atomic mass is 10.3. The van der Waals surface area contributed by atoms with Gasteiger partial charge in [-0.05, 0) is 18.2 Å². The van der Waals surface area contributed by atoms with E-state index in [4.69, 9.17) is 0 Å². The number of benzene rings is 1. The summed E-state index contributed by atoms with van der Waals surface area (Å²) in [5, 5.41) is 0. The first-order chi connectivity index (χ1) is 8.34. The molecule has 0 spiro atoms. The maximum absolute atomic E-state index is 4.24. The van der Waals surface area contributed by atoms with Crippen LogP contribution in [-0.4, -0.2) is 19.5 Å². The van der Waals surface area contributed by atoms with E-state index in [0.29, 0.717) is 0 Å². The minimum Gasteiger partial charge on any atom is -0.343 e. The zero-order valence-electron chi connectivity index (χ0n) is 8.84. The van der Waals surface area contributed by atoms with E-state index in [1.165, 1.54) is 0 Å². The molecule has 17 heavy (non-hydrogen) atoms. The highest BCUT2D eigenvalue weighted by atomic mass is 79.9. The number of hydrogen-bond acceptors (Lipinski definition) is 2. The number of imidazole rings is 2. The van der Waals surface area contributed by atoms with E-state index in [1.54, 1.807) is 24.9 Å². The second kappa shape index (κ2) is 4.18. The molecule has 0 amide bonds. The van der Waals surface area contributed by atoms with Crippen LogP contribution in [-0.2, 0) is 0 Å². The van der Waals surface area contributed by atoms with Gasteiger partial charge in [0.15, 0.2) is 5.82 Å². The van der Waals surface area contributed by atoms with Gasteiger partial charge in [0.25, 0.3) is 0 Å². The van der Waals surface area contributed by atoms with Crippen molar-refractivity contribution in [3.05, 3.63) is 53.7 Å². The quantitative estimate of drug-likeness (QED) is 0.788. The molecular formula is C12H9BrN4. The number of nitrogens with zero attached hydrogens (tertiary/aromatic N) is 3. The summed E-state index contributed by atoms with van der Waals surface area (Å²) in [7, 11) is 0. The van der Waals surface area contributed by atoms with E-state index < -0.39 is 0 Å². The van der Waals surface area contributed by atoms with Crippen LogP contribution in [0, 0.1) is 0 Å². The highest BCUT2D eigenvalue weighted by Gasteiger charge is 2.08. The number of halogens is 1. The van der Waals surface area contributed by atoms with Crippen molar-refractivity contribution in [2.45, 2.75) is 0 Å². The summed E-state index contributed by atoms with van der Waals surface area (Å²) in [6.07, 6.45) is 7.10. The topological polar surface area (TPSA) is 46.5 Å². The highest BCUT2D eigenvalue weighted by Crippen LogP contribution is 2.21. The van der Waals surface area contributed by atoms with Crippen LogP contribution in [0.3, 0.4) is 0 Å². The Hall–Kier alpha value is -1.88. The molecule has 0 bridgehead atoms. The van der Waals surface area contributed by atoms with Crippen molar-refractivity contribution in [2.24, 2.45) is 0 Å². The number of nitrogens with one attached hydrogen (secondary N) is 1. The van der Waals surface area contributed by atoms with Crippen molar-refractivity contribution >= 4 is 15.9 Å². The molecule has 0 aliphatic carbocycles. The third-order valence-corrected chi connectivity index (χ3v) is 2.96. The van der Waals surface area contributed by atoms with Crippen LogP contribution < -0.4 is 0 Å². The van der Waals surface area contributed by atoms with Crippen LogP contribution in [0.25, 0.3) is 17.2 Å². The van der Waals surface area contributed by atoms with Gasteiger partial charge in [-0.1, -0.05) is 22.0 Å². The molecule has 0 unspecified atom stereocenters. The molecule has 0 aliphatic rings. The van der Waals surface area contributed by atoms with Gasteiger partial charge < -0.3 is 4.98 Å². The fourth-order valence-corrected chi connectivity index (χ4v) is 2.09. The molecule has 0 radical (unpaired) electrons. The average Bonchev–Trinajstić information content (AvgIpc) is 3.00. The van der Waals surface area contributed by atoms with E-state index in [9.17, 15) is 0 Å². The second-order valence-corrected chi connectivity index (χ2v) is 4.48. The van der Waals surface area contributed by atoms with Gasteiger partial charge in [-0.15, -0.1) is 0 Å². The molecule has 2 heterocycles. The third kappa shape index (κ3) is 1.89. The molecule has 3 aromatic rings. The second-order valence-electron chi connectivity index (χ2n) is 3.57. The van der Waals surface area contributed by atoms with E-state index in [0.717, 1.165) is 21.7 Å². The third-order valence-electron chi connectivity index (χ3n) is 2.47. The molecule has 1 aromatic carbocycles. The van der Waals surface area contributed by atoms with Crippen LogP contribution >= 0.6 is 15.9 Å². The minimum atomic E-state index is 0.808. The van der Waals surface area contributed by atoms with E-state index in [1.807, 2.05) is 28.8 Å². The Kier molecular flexibility index (Phi) is 2.53. The highest BCUT2D eigenvalue weighted by molar-refractivity contribution is 9.10. The minimum absolute atomic E-state index is 0.808. The fraction of sp³-hybridized carbons (Fsp3) is 0. The average molecular weight is 289 g/mol. The van der Waals surface area contributed by atoms with Gasteiger partial charge >= 0.3 is 0 Å². The molecule has 3 rings (SSSR count). The number of aromatic nitrogens is 4. The van der Waals surface area contributed by atoms with Crippen LogP contribution in [0.4, 0.5) is 0 Å². The summed E-state index contributed by atoms with van der Waals surface area (Å²) in [6, 6.07) is 8.05. The molecule has 5 heteroatoms. The first-order valence-electron chi connectivity index (χ1n) is 5.12. The zero-order valence-corrected chi connectivity index (χ0v) is 10.4. The Bertz CT molecular complexity index is 628. The van der Waals surface area contributed by atoms with Crippen molar-refractivity contribution in [1.82, 2.24) is 19.5 Å². The van der Waals surface area contributed by atoms with Gasteiger partial charge in [0.2, 0.25) is 0 Å². The number of H-pyrrole nitrogens is 1. The molecule has 2 aromatic heterocycles. The summed E-state index contributed by atoms with van der Waals surface area (Å²) in [6.45, 7) is 0. The van der Waals surface area contributed by atoms with Gasteiger partial charge in [-0.25, -0.2) is 9.97 Å². The molecule has 0 saturated carbocycles. The van der Waals surface area contributed by atoms with Gasteiger partial charge in [0.1, 0.15) is 5.69 Å². The number of rotatable bonds is 2. The Balaban J connectivity index is 2.14. The summed E-state index contributed by atoms with van der Waals surface area (Å²) in [5.41, 5.74) is 1.98. The molecule has 84 valence electrons. The lowest BCUT2D eigenvalue weighted by Gasteiger charge is -2.06. The van der Waals surface area contributed by atoms with Gasteiger partial charge in [0.05, 0.1) is 12.5 Å². The van der Waals surface area contributed by atoms with Gasteiger partial charge in [-0.2, -0.15) is 0 Å². The summed E-state index contributed by atoms with van der Waals surface area (Å²) in [4.78, 5) is 11.5. The first-order valence-corrected chi connectivity index (χ1v) is 5.92. The van der Waals surface area contributed by atoms with Crippen molar-refractivity contribution < 1.29 is 0 Å². The monoisotopic (exact) mass is 288 g/mol. The van der Waals surface area contributed by atoms with Gasteiger partial charge in [-0.3, -0.25) is 4.57 Å². The predicted molar refractivity (Wildman–Crippen MR) is 68.8 cm³/mol. The van der Waals surface area contributed by atoms with Crippen molar-refractivity contribution in [3.63, 3.8) is 0 Å². The van der Waals surface area contributed by atoms with Crippen LogP contribution in [0.2, 0.25) is 0 Å². The first kappa shape index (κ1) is 10.3. The molecule has 0 aliphatic heterocycles. The normalized spacial score (nSPS) is 10.6. The molecule has 0 atom stereocenters. The Morgan fingerprint density at radius 1 is 1.29 bits per heavy atom. The zero-order chi connectivity index (χ0) is 11.7. The van der Waals surface area contributed by atoms with Crippen LogP contribution in [0.15, 0.2) is 53.7 Å². The van der Waals surface area contributed by atoms with E-state index >= 15 is 0 Å². The lowest BCUT2D eigenvalue weighted by molar-refractivity contribution is 1.04. The van der Waals surface area contributed by atoms with E-state index in [-0.39, 0.29) is 0 Å². The van der Waals surface area contributed by atoms with Gasteiger partial charge in [0, 0.05) is 22.6 Å². The smallest absolute Gasteiger partial charge is 0.156 e. The van der Waals surface area contributed by atoms with Crippen molar-refractivity contribution in [1.29, 1.82) is 0 Å². The summed E-state index contributed by atoms with van der Waals surface area (Å²) < 4.78 is 3.03. The Morgan fingerprint density at radius 2 is 2.24 bits per heavy atom. The van der Waals surface area contributed by atoms with E-state index in [2.05, 4.69) is 30.9 Å². The fourth-order valence-electron chi connectivity index (χ4n) is 1.71. The van der Waals surface area contributed by atoms with Crippen molar-refractivity contribution in [3.8, 4) is 17.2 Å². The number of aromatic amines is 1.